The fourth-order valence-electron chi connectivity index (χ4n) is 1.84. The van der Waals surface area contributed by atoms with Crippen LogP contribution in [0.5, 0.6) is 0 Å². The molecular formula is C13H10S3. The van der Waals surface area contributed by atoms with Gasteiger partial charge in [-0.05, 0) is 61.1 Å². The zero-order valence-corrected chi connectivity index (χ0v) is 11.2. The molecule has 0 saturated carbocycles. The van der Waals surface area contributed by atoms with E-state index in [2.05, 4.69) is 49.4 Å². The molecule has 2 aromatic rings. The Morgan fingerprint density at radius 1 is 0.812 bits per heavy atom. The first-order valence-electron chi connectivity index (χ1n) is 5.06. The predicted molar refractivity (Wildman–Crippen MR) is 75.9 cm³/mol. The number of rotatable bonds is 1. The van der Waals surface area contributed by atoms with E-state index >= 15 is 0 Å². The maximum Gasteiger partial charge on any atom is 0.0414 e. The van der Waals surface area contributed by atoms with Crippen molar-refractivity contribution in [1.82, 2.24) is 0 Å². The van der Waals surface area contributed by atoms with Crippen LogP contribution in [0.2, 0.25) is 0 Å². The number of hydrogen-bond acceptors (Lipinski definition) is 3. The second kappa shape index (κ2) is 4.40. The molecule has 0 fully saturated rings. The van der Waals surface area contributed by atoms with Gasteiger partial charge >= 0.3 is 0 Å². The number of hydrogen-bond donors (Lipinski definition) is 0. The number of fused-ring (bicyclic) bond motifs is 1. The predicted octanol–water partition coefficient (Wildman–Crippen LogP) is 5.42. The third kappa shape index (κ3) is 1.77. The van der Waals surface area contributed by atoms with Crippen LogP contribution in [0.1, 0.15) is 5.56 Å². The zero-order chi connectivity index (χ0) is 11.0. The van der Waals surface area contributed by atoms with Crippen molar-refractivity contribution in [3.8, 4) is 11.1 Å². The number of aryl methyl sites for hydroxylation is 1. The van der Waals surface area contributed by atoms with Crippen molar-refractivity contribution in [2.75, 3.05) is 0 Å². The van der Waals surface area contributed by atoms with Crippen LogP contribution in [0.3, 0.4) is 0 Å². The summed E-state index contributed by atoms with van der Waals surface area (Å²) in [6, 6.07) is 15.2. The molecule has 0 radical (unpaired) electrons. The van der Waals surface area contributed by atoms with Gasteiger partial charge in [0, 0.05) is 9.79 Å². The van der Waals surface area contributed by atoms with Crippen molar-refractivity contribution in [3.05, 3.63) is 48.0 Å². The summed E-state index contributed by atoms with van der Waals surface area (Å²) in [5.74, 6) is 0. The quantitative estimate of drug-likeness (QED) is 0.629. The van der Waals surface area contributed by atoms with Gasteiger partial charge in [-0.15, -0.1) is 0 Å². The minimum Gasteiger partial charge on any atom is -0.0620 e. The van der Waals surface area contributed by atoms with E-state index in [-0.39, 0.29) is 0 Å². The van der Waals surface area contributed by atoms with E-state index < -0.39 is 0 Å². The van der Waals surface area contributed by atoms with Gasteiger partial charge < -0.3 is 0 Å². The summed E-state index contributed by atoms with van der Waals surface area (Å²) in [7, 11) is 5.59. The molecule has 0 amide bonds. The summed E-state index contributed by atoms with van der Waals surface area (Å²) in [6.45, 7) is 2.18. The molecule has 80 valence electrons. The smallest absolute Gasteiger partial charge is 0.0414 e. The van der Waals surface area contributed by atoms with Crippen LogP contribution >= 0.6 is 31.4 Å². The van der Waals surface area contributed by atoms with Crippen LogP contribution in [0.25, 0.3) is 11.1 Å². The Kier molecular flexibility index (Phi) is 2.92. The van der Waals surface area contributed by atoms with E-state index in [1.54, 1.807) is 0 Å². The molecule has 0 aliphatic carbocycles. The summed E-state index contributed by atoms with van der Waals surface area (Å²) >= 11 is 0. The van der Waals surface area contributed by atoms with Gasteiger partial charge in [-0.2, -0.15) is 0 Å². The topological polar surface area (TPSA) is 0 Å². The van der Waals surface area contributed by atoms with Crippen molar-refractivity contribution in [1.29, 1.82) is 0 Å². The molecule has 0 saturated heterocycles. The highest BCUT2D eigenvalue weighted by Crippen LogP contribution is 2.58. The molecule has 3 rings (SSSR count). The Morgan fingerprint density at radius 2 is 1.62 bits per heavy atom. The van der Waals surface area contributed by atoms with E-state index in [9.17, 15) is 0 Å². The maximum absolute atomic E-state index is 2.22. The Labute approximate surface area is 107 Å². The molecule has 0 unspecified atom stereocenters. The Bertz CT molecular complexity index is 534. The van der Waals surface area contributed by atoms with Gasteiger partial charge in [0.15, 0.2) is 0 Å². The first kappa shape index (κ1) is 10.6. The maximum atomic E-state index is 2.22. The van der Waals surface area contributed by atoms with Gasteiger partial charge in [-0.25, -0.2) is 0 Å². The van der Waals surface area contributed by atoms with Crippen molar-refractivity contribution in [2.24, 2.45) is 0 Å². The normalized spacial score (nSPS) is 13.8. The van der Waals surface area contributed by atoms with Gasteiger partial charge in [-0.3, -0.25) is 0 Å². The molecule has 3 heteroatoms. The Hall–Kier alpha value is -0.510. The van der Waals surface area contributed by atoms with Crippen LogP contribution in [-0.4, -0.2) is 0 Å². The van der Waals surface area contributed by atoms with Crippen LogP contribution in [0, 0.1) is 6.92 Å². The third-order valence-electron chi connectivity index (χ3n) is 2.66. The molecule has 0 N–H and O–H groups in total. The lowest BCUT2D eigenvalue weighted by Gasteiger charge is -2.09. The summed E-state index contributed by atoms with van der Waals surface area (Å²) < 4.78 is 0. The van der Waals surface area contributed by atoms with Gasteiger partial charge in [0.2, 0.25) is 0 Å². The average molecular weight is 262 g/mol. The third-order valence-corrected chi connectivity index (χ3v) is 6.72. The lowest BCUT2D eigenvalue weighted by atomic mass is 10.0. The fraction of sp³-hybridized carbons (Fsp3) is 0.0769. The van der Waals surface area contributed by atoms with Gasteiger partial charge in [0.25, 0.3) is 0 Å². The van der Waals surface area contributed by atoms with Crippen molar-refractivity contribution < 1.29 is 0 Å². The molecule has 2 aromatic carbocycles. The average Bonchev–Trinajstić information content (AvgIpc) is 2.77. The van der Waals surface area contributed by atoms with Crippen LogP contribution in [0.4, 0.5) is 0 Å². The van der Waals surface area contributed by atoms with E-state index in [4.69, 9.17) is 0 Å². The summed E-state index contributed by atoms with van der Waals surface area (Å²) in [5.41, 5.74) is 4.08. The van der Waals surface area contributed by atoms with Gasteiger partial charge in [0.05, 0.1) is 0 Å². The highest BCUT2D eigenvalue weighted by molar-refractivity contribution is 9.10. The molecule has 0 atom stereocenters. The standard InChI is InChI=1S/C13H10S3/c1-9-5-2-3-6-10(9)11-7-4-8-12-13(11)15-16-14-12/h2-8H,1H3. The first-order valence-corrected chi connectivity index (χ1v) is 8.55. The second-order valence-corrected chi connectivity index (χ2v) is 7.63. The molecule has 1 aliphatic rings. The molecular weight excluding hydrogens is 252 g/mol. The highest BCUT2D eigenvalue weighted by Gasteiger charge is 2.18. The van der Waals surface area contributed by atoms with Crippen molar-refractivity contribution in [2.45, 2.75) is 16.7 Å². The van der Waals surface area contributed by atoms with E-state index in [1.807, 2.05) is 31.4 Å². The van der Waals surface area contributed by atoms with E-state index in [0.717, 1.165) is 0 Å². The van der Waals surface area contributed by atoms with E-state index in [0.29, 0.717) is 0 Å². The van der Waals surface area contributed by atoms with Gasteiger partial charge in [0.1, 0.15) is 0 Å². The van der Waals surface area contributed by atoms with Gasteiger partial charge in [-0.1, -0.05) is 36.4 Å². The van der Waals surface area contributed by atoms with Crippen molar-refractivity contribution in [3.63, 3.8) is 0 Å². The minimum atomic E-state index is 1.35. The first-order chi connectivity index (χ1) is 7.86. The lowest BCUT2D eigenvalue weighted by molar-refractivity contribution is 1.26. The number of benzene rings is 2. The minimum absolute atomic E-state index is 1.35. The SMILES string of the molecule is Cc1ccccc1-c1cccc2c1SSS2. The monoisotopic (exact) mass is 262 g/mol. The lowest BCUT2D eigenvalue weighted by Crippen LogP contribution is -1.85. The summed E-state index contributed by atoms with van der Waals surface area (Å²) in [5, 5.41) is 0. The van der Waals surface area contributed by atoms with Crippen molar-refractivity contribution >= 4 is 31.4 Å². The second-order valence-electron chi connectivity index (χ2n) is 3.68. The van der Waals surface area contributed by atoms with Crippen LogP contribution in [-0.2, 0) is 0 Å². The molecule has 1 aliphatic heterocycles. The summed E-state index contributed by atoms with van der Waals surface area (Å²) in [6.07, 6.45) is 0. The highest BCUT2D eigenvalue weighted by atomic mass is 33.5. The van der Waals surface area contributed by atoms with Crippen LogP contribution in [0.15, 0.2) is 52.3 Å². The molecule has 0 spiro atoms. The Morgan fingerprint density at radius 3 is 2.50 bits per heavy atom. The fourth-order valence-corrected chi connectivity index (χ4v) is 6.38. The summed E-state index contributed by atoms with van der Waals surface area (Å²) in [4.78, 5) is 2.82. The molecule has 0 nitrogen and oxygen atoms in total. The van der Waals surface area contributed by atoms with Crippen LogP contribution < -0.4 is 0 Å². The molecule has 16 heavy (non-hydrogen) atoms. The molecule has 0 aromatic heterocycles. The Balaban J connectivity index is 2.21. The molecule has 0 bridgehead atoms. The molecule has 1 heterocycles. The zero-order valence-electron chi connectivity index (χ0n) is 8.77. The largest absolute Gasteiger partial charge is 0.0620 e. The van der Waals surface area contributed by atoms with E-state index in [1.165, 1.54) is 26.5 Å².